The summed E-state index contributed by atoms with van der Waals surface area (Å²) in [5.41, 5.74) is 9.63. The lowest BCUT2D eigenvalue weighted by Crippen LogP contribution is -2.18. The maximum absolute atomic E-state index is 14.2. The molecule has 2 heterocycles. The van der Waals surface area contributed by atoms with Gasteiger partial charge in [0, 0.05) is 11.2 Å². The molecule has 9 heteroatoms. The first-order valence-electron chi connectivity index (χ1n) is 11.4. The van der Waals surface area contributed by atoms with E-state index < -0.39 is 11.9 Å². The smallest absolute Gasteiger partial charge is 0.330 e. The molecule has 2 aromatic carbocycles. The first kappa shape index (κ1) is 25.6. The summed E-state index contributed by atoms with van der Waals surface area (Å²) < 4.78 is 45.6. The van der Waals surface area contributed by atoms with Crippen LogP contribution < -0.4 is 5.73 Å². The van der Waals surface area contributed by atoms with Crippen LogP contribution in [0.5, 0.6) is 0 Å². The Kier molecular flexibility index (Phi) is 7.23. The Bertz CT molecular complexity index is 1330. The van der Waals surface area contributed by atoms with Crippen molar-refractivity contribution < 1.29 is 13.2 Å². The minimum absolute atomic E-state index is 0.0861. The fraction of sp³-hybridized carbons (Fsp3) is 0.346. The van der Waals surface area contributed by atoms with Crippen molar-refractivity contribution in [2.45, 2.75) is 46.2 Å². The summed E-state index contributed by atoms with van der Waals surface area (Å²) in [5.74, 6) is 0.0255. The van der Waals surface area contributed by atoms with E-state index in [0.717, 1.165) is 27.9 Å². The Morgan fingerprint density at radius 1 is 1.00 bits per heavy atom. The summed E-state index contributed by atoms with van der Waals surface area (Å²) in [6.45, 7) is 6.18. The summed E-state index contributed by atoms with van der Waals surface area (Å²) in [6.07, 6.45) is -1.79. The van der Waals surface area contributed by atoms with Crippen molar-refractivity contribution in [3.05, 3.63) is 86.4 Å². The molecule has 0 aliphatic carbocycles. The third-order valence-corrected chi connectivity index (χ3v) is 6.78. The second-order valence-corrected chi connectivity index (χ2v) is 9.91. The maximum Gasteiger partial charge on any atom is 0.435 e. The lowest BCUT2D eigenvalue weighted by molar-refractivity contribution is -0.141. The zero-order valence-electron chi connectivity index (χ0n) is 19.8. The number of nitrogens with two attached hydrogens (primary N) is 1. The molecule has 2 aromatic heterocycles. The number of aryl methyl sites for hydroxylation is 3. The second kappa shape index (κ2) is 9.88. The average Bonchev–Trinajstić information content (AvgIpc) is 3.25. The largest absolute Gasteiger partial charge is 0.435 e. The van der Waals surface area contributed by atoms with Gasteiger partial charge >= 0.3 is 6.18 Å². The molecule has 0 saturated carbocycles. The van der Waals surface area contributed by atoms with Gasteiger partial charge in [0.15, 0.2) is 5.69 Å². The lowest BCUT2D eigenvalue weighted by Gasteiger charge is -2.17. The van der Waals surface area contributed by atoms with Crippen LogP contribution in [0.3, 0.4) is 0 Å². The minimum Gasteiger partial charge on any atom is -0.330 e. The van der Waals surface area contributed by atoms with Crippen molar-refractivity contribution in [2.75, 3.05) is 6.54 Å². The maximum atomic E-state index is 14.2. The second-order valence-electron chi connectivity index (χ2n) is 9.09. The van der Waals surface area contributed by atoms with Gasteiger partial charge in [0.1, 0.15) is 5.15 Å². The molecule has 4 rings (SSSR count). The standard InChI is InChI=1S/C26H27Cl2F3N4/c1-15-10-16(2)23(17(3)11-15)35-22(28)14-34-21(24(26(29,30)31)33-25(34)35)13-19(8-9-32)12-18-4-6-20(27)7-5-18/h4-7,10-11,14,19H,8-9,12-13,32H2,1-3H3. The van der Waals surface area contributed by atoms with Crippen molar-refractivity contribution in [3.63, 3.8) is 0 Å². The van der Waals surface area contributed by atoms with Crippen molar-refractivity contribution in [2.24, 2.45) is 11.7 Å². The Morgan fingerprint density at radius 3 is 2.20 bits per heavy atom. The zero-order chi connectivity index (χ0) is 25.5. The number of halogens is 5. The van der Waals surface area contributed by atoms with Crippen LogP contribution in [0.2, 0.25) is 10.2 Å². The van der Waals surface area contributed by atoms with E-state index in [1.54, 1.807) is 16.7 Å². The molecule has 0 amide bonds. The van der Waals surface area contributed by atoms with Gasteiger partial charge in [0.2, 0.25) is 5.78 Å². The van der Waals surface area contributed by atoms with Crippen molar-refractivity contribution in [1.29, 1.82) is 0 Å². The molecule has 0 saturated heterocycles. The minimum atomic E-state index is -4.61. The highest BCUT2D eigenvalue weighted by Gasteiger charge is 2.39. The predicted molar refractivity (Wildman–Crippen MR) is 135 cm³/mol. The fourth-order valence-corrected chi connectivity index (χ4v) is 5.28. The van der Waals surface area contributed by atoms with E-state index in [2.05, 4.69) is 4.98 Å². The Balaban J connectivity index is 1.84. The van der Waals surface area contributed by atoms with Crippen molar-refractivity contribution in [3.8, 4) is 5.69 Å². The van der Waals surface area contributed by atoms with Crippen LogP contribution in [0.1, 0.15) is 40.1 Å². The van der Waals surface area contributed by atoms with Gasteiger partial charge in [0.25, 0.3) is 0 Å². The Morgan fingerprint density at radius 2 is 1.63 bits per heavy atom. The molecule has 0 radical (unpaired) electrons. The summed E-state index contributed by atoms with van der Waals surface area (Å²) in [6, 6.07) is 11.3. The molecule has 0 aliphatic heterocycles. The Hall–Kier alpha value is -2.48. The van der Waals surface area contributed by atoms with Crippen LogP contribution in [0.25, 0.3) is 11.5 Å². The van der Waals surface area contributed by atoms with Crippen LogP contribution >= 0.6 is 23.2 Å². The number of benzene rings is 2. The van der Waals surface area contributed by atoms with Gasteiger partial charge < -0.3 is 5.73 Å². The number of rotatable bonds is 7. The third kappa shape index (κ3) is 5.22. The summed E-state index contributed by atoms with van der Waals surface area (Å²) in [5, 5.41) is 0.907. The normalized spacial score (nSPS) is 13.1. The van der Waals surface area contributed by atoms with E-state index in [1.807, 2.05) is 45.0 Å². The van der Waals surface area contributed by atoms with Gasteiger partial charge in [-0.15, -0.1) is 0 Å². The van der Waals surface area contributed by atoms with Gasteiger partial charge in [-0.1, -0.05) is 53.0 Å². The average molecular weight is 523 g/mol. The van der Waals surface area contributed by atoms with E-state index >= 15 is 0 Å². The first-order valence-corrected chi connectivity index (χ1v) is 12.1. The molecular weight excluding hydrogens is 496 g/mol. The quantitative estimate of drug-likeness (QED) is 0.280. The van der Waals surface area contributed by atoms with Gasteiger partial charge in [-0.3, -0.25) is 8.97 Å². The number of hydrogen-bond acceptors (Lipinski definition) is 2. The Labute approximate surface area is 212 Å². The number of alkyl halides is 3. The molecule has 0 spiro atoms. The fourth-order valence-electron chi connectivity index (χ4n) is 4.90. The summed E-state index contributed by atoms with van der Waals surface area (Å²) in [4.78, 5) is 4.09. The zero-order valence-corrected chi connectivity index (χ0v) is 21.3. The number of aromatic nitrogens is 3. The summed E-state index contributed by atoms with van der Waals surface area (Å²) >= 11 is 12.6. The lowest BCUT2D eigenvalue weighted by atomic mass is 9.91. The van der Waals surface area contributed by atoms with Crippen LogP contribution in [0.15, 0.2) is 42.6 Å². The monoisotopic (exact) mass is 522 g/mol. The predicted octanol–water partition coefficient (Wildman–Crippen LogP) is 7.13. The molecule has 4 nitrogen and oxygen atoms in total. The van der Waals surface area contributed by atoms with E-state index in [-0.39, 0.29) is 23.8 Å². The molecule has 0 bridgehead atoms. The van der Waals surface area contributed by atoms with Crippen molar-refractivity contribution >= 4 is 29.0 Å². The molecule has 186 valence electrons. The molecule has 0 aliphatic rings. The highest BCUT2D eigenvalue weighted by atomic mass is 35.5. The first-order chi connectivity index (χ1) is 16.5. The SMILES string of the molecule is Cc1cc(C)c(-n2c(Cl)cn3c(CC(CCN)Cc4ccc(Cl)cc4)c(C(F)(F)F)nc23)c(C)c1. The number of imidazole rings is 2. The molecule has 2 N–H and O–H groups in total. The molecule has 1 atom stereocenters. The third-order valence-electron chi connectivity index (χ3n) is 6.26. The van der Waals surface area contributed by atoms with E-state index in [0.29, 0.717) is 29.6 Å². The van der Waals surface area contributed by atoms with Crippen LogP contribution in [0.4, 0.5) is 13.2 Å². The number of fused-ring (bicyclic) bond motifs is 1. The molecule has 0 fully saturated rings. The summed E-state index contributed by atoms with van der Waals surface area (Å²) in [7, 11) is 0. The molecule has 1 unspecified atom stereocenters. The van der Waals surface area contributed by atoms with Gasteiger partial charge in [-0.05, 0) is 81.3 Å². The highest BCUT2D eigenvalue weighted by Crippen LogP contribution is 2.37. The molecule has 4 aromatic rings. The van der Waals surface area contributed by atoms with Gasteiger partial charge in [-0.2, -0.15) is 13.2 Å². The number of nitrogens with zero attached hydrogens (tertiary/aromatic N) is 3. The number of hydrogen-bond donors (Lipinski definition) is 1. The van der Waals surface area contributed by atoms with E-state index in [4.69, 9.17) is 28.9 Å². The van der Waals surface area contributed by atoms with Crippen LogP contribution in [-0.4, -0.2) is 20.5 Å². The van der Waals surface area contributed by atoms with Crippen LogP contribution in [-0.2, 0) is 19.0 Å². The molecular formula is C26H27Cl2F3N4. The van der Waals surface area contributed by atoms with Crippen molar-refractivity contribution in [1.82, 2.24) is 14.0 Å². The van der Waals surface area contributed by atoms with Gasteiger partial charge in [0.05, 0.1) is 11.4 Å². The van der Waals surface area contributed by atoms with Crippen LogP contribution in [0, 0.1) is 26.7 Å². The molecule has 35 heavy (non-hydrogen) atoms. The highest BCUT2D eigenvalue weighted by molar-refractivity contribution is 6.30. The van der Waals surface area contributed by atoms with E-state index in [1.165, 1.54) is 10.6 Å². The topological polar surface area (TPSA) is 48.2 Å². The van der Waals surface area contributed by atoms with Gasteiger partial charge in [-0.25, -0.2) is 4.98 Å². The van der Waals surface area contributed by atoms with E-state index in [9.17, 15) is 13.2 Å².